The van der Waals surface area contributed by atoms with Gasteiger partial charge in [-0.15, -0.1) is 0 Å². The molecule has 174 valence electrons. The highest BCUT2D eigenvalue weighted by atomic mass is 19.2. The van der Waals surface area contributed by atoms with Crippen molar-refractivity contribution in [2.45, 2.75) is 13.1 Å². The molecule has 0 unspecified atom stereocenters. The van der Waals surface area contributed by atoms with Crippen LogP contribution in [-0.2, 0) is 13.1 Å². The molecule has 12 heteroatoms. The predicted molar refractivity (Wildman–Crippen MR) is 120 cm³/mol. The van der Waals surface area contributed by atoms with E-state index in [0.717, 1.165) is 26.2 Å². The first kappa shape index (κ1) is 21.2. The highest BCUT2D eigenvalue weighted by molar-refractivity contribution is 5.66. The molecule has 5 rings (SSSR count). The van der Waals surface area contributed by atoms with Crippen LogP contribution in [0.25, 0.3) is 0 Å². The summed E-state index contributed by atoms with van der Waals surface area (Å²) >= 11 is 0. The molecule has 1 aromatic heterocycles. The van der Waals surface area contributed by atoms with E-state index in [1.165, 1.54) is 6.07 Å². The van der Waals surface area contributed by atoms with Crippen LogP contribution >= 0.6 is 0 Å². The van der Waals surface area contributed by atoms with Crippen molar-refractivity contribution in [1.29, 1.82) is 0 Å². The number of benzene rings is 1. The summed E-state index contributed by atoms with van der Waals surface area (Å²) in [5, 5.41) is 19.8. The number of halogens is 2. The molecule has 0 radical (unpaired) electrons. The van der Waals surface area contributed by atoms with Gasteiger partial charge in [0.1, 0.15) is 17.7 Å². The van der Waals surface area contributed by atoms with E-state index in [2.05, 4.69) is 31.2 Å². The normalized spacial score (nSPS) is 17.6. The molecule has 4 N–H and O–H groups in total. The Hall–Kier alpha value is -3.64. The third kappa shape index (κ3) is 4.47. The van der Waals surface area contributed by atoms with E-state index in [4.69, 9.17) is 5.11 Å². The second kappa shape index (κ2) is 9.08. The van der Waals surface area contributed by atoms with Crippen molar-refractivity contribution < 1.29 is 13.9 Å². The maximum Gasteiger partial charge on any atom is 0.164 e. The average Bonchev–Trinajstić information content (AvgIpc) is 3.44. The first-order chi connectivity index (χ1) is 16.1. The number of aliphatic imine (C=N–C) groups is 1. The molecule has 0 amide bonds. The molecule has 3 aliphatic rings. The fraction of sp³-hybridized carbons (Fsp3) is 0.333. The molecule has 0 saturated carbocycles. The molecule has 3 aliphatic heterocycles. The highest BCUT2D eigenvalue weighted by Crippen LogP contribution is 2.29. The van der Waals surface area contributed by atoms with Crippen LogP contribution in [0.4, 0.5) is 20.2 Å². The number of aliphatic hydroxyl groups excluding tert-OH is 1. The molecular weight excluding hydrogens is 432 g/mol. The van der Waals surface area contributed by atoms with Gasteiger partial charge in [-0.05, 0) is 6.07 Å². The lowest BCUT2D eigenvalue weighted by molar-refractivity contribution is 0.269. The van der Waals surface area contributed by atoms with Crippen molar-refractivity contribution in [3.05, 3.63) is 65.5 Å². The number of piperazine rings is 1. The van der Waals surface area contributed by atoms with E-state index in [9.17, 15) is 8.78 Å². The van der Waals surface area contributed by atoms with Gasteiger partial charge in [0.2, 0.25) is 0 Å². The summed E-state index contributed by atoms with van der Waals surface area (Å²) in [7, 11) is 0. The van der Waals surface area contributed by atoms with E-state index < -0.39 is 11.6 Å². The Morgan fingerprint density at radius 2 is 2.03 bits per heavy atom. The van der Waals surface area contributed by atoms with Gasteiger partial charge >= 0.3 is 0 Å². The van der Waals surface area contributed by atoms with E-state index >= 15 is 0 Å². The van der Waals surface area contributed by atoms with Gasteiger partial charge in [-0.1, -0.05) is 0 Å². The van der Waals surface area contributed by atoms with Crippen LogP contribution < -0.4 is 21.1 Å². The molecule has 4 heterocycles. The number of hydrogen-bond donors (Lipinski definition) is 4. The smallest absolute Gasteiger partial charge is 0.164 e. The first-order valence-electron chi connectivity index (χ1n) is 10.7. The Morgan fingerprint density at radius 3 is 2.85 bits per heavy atom. The number of anilines is 2. The molecular formula is C21H25F2N9O. The number of rotatable bonds is 7. The first-order valence-corrected chi connectivity index (χ1v) is 10.7. The maximum atomic E-state index is 14.7. The highest BCUT2D eigenvalue weighted by Gasteiger charge is 2.26. The molecule has 0 atom stereocenters. The zero-order chi connectivity index (χ0) is 22.8. The van der Waals surface area contributed by atoms with Gasteiger partial charge in [0, 0.05) is 55.9 Å². The van der Waals surface area contributed by atoms with Crippen molar-refractivity contribution in [3.8, 4) is 0 Å². The fourth-order valence-corrected chi connectivity index (χ4v) is 3.96. The van der Waals surface area contributed by atoms with Crippen LogP contribution in [0.15, 0.2) is 53.3 Å². The summed E-state index contributed by atoms with van der Waals surface area (Å²) in [6.45, 7) is 3.62. The van der Waals surface area contributed by atoms with Gasteiger partial charge in [0.15, 0.2) is 11.6 Å². The lowest BCUT2D eigenvalue weighted by Gasteiger charge is -2.30. The van der Waals surface area contributed by atoms with Gasteiger partial charge in [0.25, 0.3) is 0 Å². The number of nitrogens with one attached hydrogen (secondary N) is 3. The van der Waals surface area contributed by atoms with Crippen molar-refractivity contribution in [2.75, 3.05) is 43.1 Å². The van der Waals surface area contributed by atoms with Crippen LogP contribution in [0.1, 0.15) is 5.56 Å². The largest absolute Gasteiger partial charge is 0.394 e. The Morgan fingerprint density at radius 1 is 1.18 bits per heavy atom. The number of aromatic nitrogens is 2. The molecule has 1 aromatic carbocycles. The van der Waals surface area contributed by atoms with Crippen LogP contribution in [0.2, 0.25) is 0 Å². The number of hydrazine groups is 2. The lowest BCUT2D eigenvalue weighted by atomic mass is 10.1. The summed E-state index contributed by atoms with van der Waals surface area (Å²) in [4.78, 5) is 6.46. The minimum Gasteiger partial charge on any atom is -0.394 e. The lowest BCUT2D eigenvalue weighted by Crippen LogP contribution is -2.43. The molecule has 1 fully saturated rings. The molecule has 0 bridgehead atoms. The van der Waals surface area contributed by atoms with E-state index in [1.807, 2.05) is 0 Å². The quantitative estimate of drug-likeness (QED) is 0.488. The SMILES string of the molecule is OCCn1cc(NN2C=NC3=CNN(Cc4cc(N5CCNCC5)cc(F)c4F)C3=C2)cn1. The maximum absolute atomic E-state index is 14.7. The van der Waals surface area contributed by atoms with Crippen molar-refractivity contribution >= 4 is 17.7 Å². The van der Waals surface area contributed by atoms with Crippen LogP contribution in [-0.4, -0.2) is 64.0 Å². The van der Waals surface area contributed by atoms with Gasteiger partial charge in [-0.3, -0.25) is 15.1 Å². The summed E-state index contributed by atoms with van der Waals surface area (Å²) < 4.78 is 30.7. The van der Waals surface area contributed by atoms with Gasteiger partial charge < -0.3 is 20.7 Å². The molecule has 2 aromatic rings. The minimum absolute atomic E-state index is 0.00185. The third-order valence-corrected chi connectivity index (χ3v) is 5.61. The molecule has 10 nitrogen and oxygen atoms in total. The summed E-state index contributed by atoms with van der Waals surface area (Å²) in [5.74, 6) is -1.71. The fourth-order valence-electron chi connectivity index (χ4n) is 3.96. The Kier molecular flexibility index (Phi) is 5.84. The molecule has 0 aliphatic carbocycles. The second-order valence-corrected chi connectivity index (χ2v) is 7.88. The standard InChI is InChI=1S/C21H25F2N9O/c22-18-8-17(29-3-1-24-2-4-29)7-15(21(18)23)11-32-20-13-31(14-25-19(20)10-27-32)28-16-9-26-30(12-16)5-6-33/h7-10,12-14,24,27-28,33H,1-6,11H2. The Labute approximate surface area is 189 Å². The zero-order valence-electron chi connectivity index (χ0n) is 17.9. The Balaban J connectivity index is 1.32. The van der Waals surface area contributed by atoms with Crippen molar-refractivity contribution in [3.63, 3.8) is 0 Å². The minimum atomic E-state index is -0.854. The van der Waals surface area contributed by atoms with E-state index in [0.29, 0.717) is 29.3 Å². The van der Waals surface area contributed by atoms with Crippen LogP contribution in [0, 0.1) is 11.6 Å². The van der Waals surface area contributed by atoms with Gasteiger partial charge in [-0.2, -0.15) is 5.10 Å². The summed E-state index contributed by atoms with van der Waals surface area (Å²) in [6, 6.07) is 2.97. The van der Waals surface area contributed by atoms with Gasteiger partial charge in [-0.25, -0.2) is 18.8 Å². The molecule has 0 spiro atoms. The number of hydrogen-bond acceptors (Lipinski definition) is 9. The monoisotopic (exact) mass is 457 g/mol. The van der Waals surface area contributed by atoms with Crippen molar-refractivity contribution in [1.82, 2.24) is 30.5 Å². The summed E-state index contributed by atoms with van der Waals surface area (Å²) in [5.41, 5.74) is 9.26. The average molecular weight is 457 g/mol. The third-order valence-electron chi connectivity index (χ3n) is 5.61. The zero-order valence-corrected chi connectivity index (χ0v) is 17.9. The summed E-state index contributed by atoms with van der Waals surface area (Å²) in [6.07, 6.45) is 8.52. The van der Waals surface area contributed by atoms with Crippen LogP contribution in [0.3, 0.4) is 0 Å². The number of fused-ring (bicyclic) bond motifs is 1. The van der Waals surface area contributed by atoms with E-state index in [1.54, 1.807) is 51.9 Å². The topological polar surface area (TPSA) is 96.2 Å². The second-order valence-electron chi connectivity index (χ2n) is 7.88. The predicted octanol–water partition coefficient (Wildman–Crippen LogP) is 0.937. The molecule has 1 saturated heterocycles. The van der Waals surface area contributed by atoms with E-state index in [-0.39, 0.29) is 18.7 Å². The van der Waals surface area contributed by atoms with Crippen LogP contribution in [0.5, 0.6) is 0 Å². The Bertz CT molecular complexity index is 1110. The van der Waals surface area contributed by atoms with Crippen molar-refractivity contribution in [2.24, 2.45) is 4.99 Å². The molecule has 33 heavy (non-hydrogen) atoms. The van der Waals surface area contributed by atoms with Gasteiger partial charge in [0.05, 0.1) is 37.8 Å². The number of nitrogens with zero attached hydrogens (tertiary/aromatic N) is 6. The number of aliphatic hydroxyl groups is 1.